The van der Waals surface area contributed by atoms with Gasteiger partial charge in [0.05, 0.1) is 16.5 Å². The zero-order valence-electron chi connectivity index (χ0n) is 17.6. The lowest BCUT2D eigenvalue weighted by atomic mass is 10.1. The summed E-state index contributed by atoms with van der Waals surface area (Å²) in [5.74, 6) is 2.78. The Morgan fingerprint density at radius 1 is 1.16 bits per heavy atom. The molecule has 5 nitrogen and oxygen atoms in total. The molecule has 0 spiro atoms. The van der Waals surface area contributed by atoms with Crippen molar-refractivity contribution in [1.82, 2.24) is 9.99 Å². The maximum Gasteiger partial charge on any atom is 0.277 e. The van der Waals surface area contributed by atoms with E-state index in [0.29, 0.717) is 10.3 Å². The fourth-order valence-electron chi connectivity index (χ4n) is 3.42. The van der Waals surface area contributed by atoms with Crippen molar-refractivity contribution in [2.75, 3.05) is 18.1 Å². The molecule has 2 aromatic carbocycles. The number of carbonyl (C=O) groups is 1. The van der Waals surface area contributed by atoms with Crippen molar-refractivity contribution in [1.29, 1.82) is 0 Å². The molecule has 1 saturated heterocycles. The molecule has 1 aliphatic heterocycles. The second-order valence-electron chi connectivity index (χ2n) is 7.32. The van der Waals surface area contributed by atoms with Crippen LogP contribution < -0.4 is 10.2 Å². The van der Waals surface area contributed by atoms with Crippen LogP contribution in [0, 0.1) is 13.8 Å². The number of benzene rings is 2. The van der Waals surface area contributed by atoms with E-state index in [2.05, 4.69) is 54.7 Å². The number of nitrogens with one attached hydrogen (secondary N) is 1. The molecular formula is C24H25N3O2S2. The third kappa shape index (κ3) is 5.54. The van der Waals surface area contributed by atoms with Gasteiger partial charge in [0, 0.05) is 23.4 Å². The molecule has 0 unspecified atom stereocenters. The zero-order chi connectivity index (χ0) is 21.6. The van der Waals surface area contributed by atoms with Gasteiger partial charge in [0.25, 0.3) is 5.91 Å². The van der Waals surface area contributed by atoms with Crippen LogP contribution in [0.15, 0.2) is 65.9 Å². The van der Waals surface area contributed by atoms with Gasteiger partial charge in [-0.05, 0) is 55.3 Å². The van der Waals surface area contributed by atoms with Crippen molar-refractivity contribution in [3.05, 3.63) is 83.2 Å². The topological polar surface area (TPSA) is 55.6 Å². The minimum Gasteiger partial charge on any atom is -0.484 e. The Labute approximate surface area is 191 Å². The van der Waals surface area contributed by atoms with E-state index in [4.69, 9.17) is 4.74 Å². The third-order valence-electron chi connectivity index (χ3n) is 4.92. The molecule has 1 N–H and O–H groups in total. The lowest BCUT2D eigenvalue weighted by Crippen LogP contribution is -2.24. The molecule has 0 saturated carbocycles. The zero-order valence-corrected chi connectivity index (χ0v) is 19.2. The number of aromatic nitrogens is 1. The molecule has 0 radical (unpaired) electrons. The number of carbonyl (C=O) groups excluding carboxylic acids is 1. The van der Waals surface area contributed by atoms with Gasteiger partial charge in [0.15, 0.2) is 6.61 Å². The average molecular weight is 452 g/mol. The minimum absolute atomic E-state index is 0.0816. The third-order valence-corrected chi connectivity index (χ3v) is 8.03. The first kappa shape index (κ1) is 21.6. The summed E-state index contributed by atoms with van der Waals surface area (Å²) in [6, 6.07) is 18.2. The largest absolute Gasteiger partial charge is 0.484 e. The van der Waals surface area contributed by atoms with Crippen LogP contribution in [0.5, 0.6) is 5.75 Å². The van der Waals surface area contributed by atoms with Crippen molar-refractivity contribution in [3.63, 3.8) is 0 Å². The van der Waals surface area contributed by atoms with Gasteiger partial charge >= 0.3 is 0 Å². The van der Waals surface area contributed by atoms with E-state index < -0.39 is 0 Å². The lowest BCUT2D eigenvalue weighted by molar-refractivity contribution is -0.123. The van der Waals surface area contributed by atoms with Gasteiger partial charge in [-0.25, -0.2) is 5.43 Å². The second kappa shape index (κ2) is 10.1. The highest BCUT2D eigenvalue weighted by atomic mass is 32.2. The standard InChI is InChI=1S/C24H25N3O2S2/c1-17-5-10-22(18(2)14-17)27-11-3-4-20(27)15-25-26-23(28)16-29-21-8-6-19(7-9-21)24-30-12-13-31-24/h3-11,14-15,24H,12-13,16H2,1-2H3,(H,26,28)/b25-15-. The fraction of sp³-hybridized carbons (Fsp3) is 0.250. The molecule has 1 fully saturated rings. The number of hydrogen-bond acceptors (Lipinski definition) is 5. The summed E-state index contributed by atoms with van der Waals surface area (Å²) < 4.78 is 8.14. The van der Waals surface area contributed by atoms with Crippen molar-refractivity contribution in [2.24, 2.45) is 5.10 Å². The molecule has 7 heteroatoms. The molecule has 1 aliphatic rings. The summed E-state index contributed by atoms with van der Waals surface area (Å²) in [6.45, 7) is 4.08. The van der Waals surface area contributed by atoms with Gasteiger partial charge in [-0.2, -0.15) is 5.10 Å². The highest BCUT2D eigenvalue weighted by Gasteiger charge is 2.18. The van der Waals surface area contributed by atoms with Gasteiger partial charge in [-0.1, -0.05) is 29.8 Å². The van der Waals surface area contributed by atoms with Crippen LogP contribution in [0.4, 0.5) is 0 Å². The summed E-state index contributed by atoms with van der Waals surface area (Å²) in [4.78, 5) is 12.1. The predicted octanol–water partition coefficient (Wildman–Crippen LogP) is 5.10. The summed E-state index contributed by atoms with van der Waals surface area (Å²) >= 11 is 3.94. The van der Waals surface area contributed by atoms with E-state index in [1.165, 1.54) is 28.2 Å². The van der Waals surface area contributed by atoms with Crippen molar-refractivity contribution < 1.29 is 9.53 Å². The van der Waals surface area contributed by atoms with E-state index in [-0.39, 0.29) is 12.5 Å². The highest BCUT2D eigenvalue weighted by Crippen LogP contribution is 2.45. The normalized spacial score (nSPS) is 14.3. The highest BCUT2D eigenvalue weighted by molar-refractivity contribution is 8.19. The average Bonchev–Trinajstić information content (AvgIpc) is 3.45. The Morgan fingerprint density at radius 2 is 1.94 bits per heavy atom. The second-order valence-corrected chi connectivity index (χ2v) is 10.0. The number of thioether (sulfide) groups is 2. The SMILES string of the molecule is Cc1ccc(-n2cccc2/C=N\NC(=O)COc2ccc(C3SCCS3)cc2)c(C)c1. The van der Waals surface area contributed by atoms with Gasteiger partial charge in [0.2, 0.25) is 0 Å². The van der Waals surface area contributed by atoms with E-state index in [9.17, 15) is 4.79 Å². The van der Waals surface area contributed by atoms with E-state index >= 15 is 0 Å². The quantitative estimate of drug-likeness (QED) is 0.401. The predicted molar refractivity (Wildman–Crippen MR) is 131 cm³/mol. The van der Waals surface area contributed by atoms with Crippen LogP contribution in [0.3, 0.4) is 0 Å². The molecule has 0 bridgehead atoms. The summed E-state index contributed by atoms with van der Waals surface area (Å²) in [7, 11) is 0. The number of aryl methyl sites for hydroxylation is 2. The molecule has 2 heterocycles. The number of ether oxygens (including phenoxy) is 1. The summed E-state index contributed by atoms with van der Waals surface area (Å²) in [5, 5.41) is 4.09. The Bertz CT molecular complexity index is 1070. The van der Waals surface area contributed by atoms with Gasteiger partial charge in [-0.3, -0.25) is 4.79 Å². The van der Waals surface area contributed by atoms with Gasteiger partial charge in [0.1, 0.15) is 5.75 Å². The summed E-state index contributed by atoms with van der Waals surface area (Å²) in [6.07, 6.45) is 3.62. The molecular weight excluding hydrogens is 426 g/mol. The smallest absolute Gasteiger partial charge is 0.277 e. The molecule has 1 amide bonds. The fourth-order valence-corrected chi connectivity index (χ4v) is 6.28. The first-order valence-electron chi connectivity index (χ1n) is 10.1. The molecule has 4 rings (SSSR count). The van der Waals surface area contributed by atoms with Crippen LogP contribution in [-0.4, -0.2) is 34.8 Å². The number of amides is 1. The summed E-state index contributed by atoms with van der Waals surface area (Å²) in [5.41, 5.74) is 8.20. The lowest BCUT2D eigenvalue weighted by Gasteiger charge is -2.11. The number of hydrogen-bond donors (Lipinski definition) is 1. The van der Waals surface area contributed by atoms with E-state index in [0.717, 1.165) is 11.4 Å². The van der Waals surface area contributed by atoms with Crippen molar-refractivity contribution >= 4 is 35.6 Å². The Hall–Kier alpha value is -2.64. The van der Waals surface area contributed by atoms with E-state index in [1.54, 1.807) is 6.21 Å². The Morgan fingerprint density at radius 3 is 2.68 bits per heavy atom. The molecule has 0 atom stereocenters. The van der Waals surface area contributed by atoms with Crippen LogP contribution >= 0.6 is 23.5 Å². The number of rotatable bonds is 7. The molecule has 3 aromatic rings. The first-order chi connectivity index (χ1) is 15.1. The Kier molecular flexibility index (Phi) is 7.04. The van der Waals surface area contributed by atoms with Crippen molar-refractivity contribution in [2.45, 2.75) is 18.4 Å². The maximum absolute atomic E-state index is 12.1. The number of hydrazone groups is 1. The number of nitrogens with zero attached hydrogens (tertiary/aromatic N) is 2. The molecule has 0 aliphatic carbocycles. The molecule has 1 aromatic heterocycles. The molecule has 160 valence electrons. The van der Waals surface area contributed by atoms with Crippen LogP contribution in [0.2, 0.25) is 0 Å². The molecule has 31 heavy (non-hydrogen) atoms. The van der Waals surface area contributed by atoms with Gasteiger partial charge < -0.3 is 9.30 Å². The van der Waals surface area contributed by atoms with Gasteiger partial charge in [-0.15, -0.1) is 23.5 Å². The van der Waals surface area contributed by atoms with Crippen molar-refractivity contribution in [3.8, 4) is 11.4 Å². The van der Waals surface area contributed by atoms with Crippen LogP contribution in [0.25, 0.3) is 5.69 Å². The maximum atomic E-state index is 12.1. The Balaban J connectivity index is 1.30. The van der Waals surface area contributed by atoms with Crippen LogP contribution in [0.1, 0.15) is 27.0 Å². The minimum atomic E-state index is -0.299. The van der Waals surface area contributed by atoms with E-state index in [1.807, 2.05) is 58.6 Å². The first-order valence-corrected chi connectivity index (χ1v) is 12.2. The van der Waals surface area contributed by atoms with Crippen LogP contribution in [-0.2, 0) is 4.79 Å². The monoisotopic (exact) mass is 451 g/mol.